The number of carbonyl (C=O) groups is 3. The first-order valence-electron chi connectivity index (χ1n) is 17.9. The van der Waals surface area contributed by atoms with Crippen LogP contribution in [0.3, 0.4) is 0 Å². The smallest absolute Gasteiger partial charge is 0.259 e. The van der Waals surface area contributed by atoms with Crippen LogP contribution >= 0.6 is 0 Å². The molecule has 5 heterocycles. The number of fused-ring (bicyclic) bond motifs is 1. The Labute approximate surface area is 301 Å². The Hall–Kier alpha value is -5.14. The molecular formula is C39H44FN7O5. The van der Waals surface area contributed by atoms with Crippen LogP contribution in [0.15, 0.2) is 65.8 Å². The summed E-state index contributed by atoms with van der Waals surface area (Å²) < 4.78 is 22.9. The molecular weight excluding hydrogens is 665 g/mol. The van der Waals surface area contributed by atoms with Gasteiger partial charge in [-0.2, -0.15) is 0 Å². The first-order chi connectivity index (χ1) is 25.2. The summed E-state index contributed by atoms with van der Waals surface area (Å²) >= 11 is 0. The summed E-state index contributed by atoms with van der Waals surface area (Å²) in [7, 11) is 3.20. The number of carbonyl (C=O) groups excluding carboxylic acids is 3. The maximum absolute atomic E-state index is 15.8. The Morgan fingerprint density at radius 3 is 2.42 bits per heavy atom. The molecule has 3 aliphatic rings. The molecule has 2 aromatic heterocycles. The van der Waals surface area contributed by atoms with Crippen molar-refractivity contribution in [3.05, 3.63) is 88.4 Å². The van der Waals surface area contributed by atoms with E-state index in [0.717, 1.165) is 37.2 Å². The minimum Gasteiger partial charge on any atom is -0.496 e. The summed E-state index contributed by atoms with van der Waals surface area (Å²) in [5.74, 6) is 0.0739. The number of nitrogens with one attached hydrogen (secondary N) is 2. The number of pyridine rings is 2. The van der Waals surface area contributed by atoms with E-state index in [-0.39, 0.29) is 29.1 Å². The second-order valence-corrected chi connectivity index (χ2v) is 14.0. The van der Waals surface area contributed by atoms with Crippen LogP contribution in [0.25, 0.3) is 21.9 Å². The highest BCUT2D eigenvalue weighted by Gasteiger charge is 2.29. The lowest BCUT2D eigenvalue weighted by atomic mass is 9.89. The molecule has 0 aliphatic carbocycles. The van der Waals surface area contributed by atoms with Crippen molar-refractivity contribution in [1.29, 1.82) is 0 Å². The van der Waals surface area contributed by atoms with Gasteiger partial charge in [-0.3, -0.25) is 39.3 Å². The summed E-state index contributed by atoms with van der Waals surface area (Å²) in [4.78, 5) is 59.8. The van der Waals surface area contributed by atoms with E-state index in [4.69, 9.17) is 4.74 Å². The van der Waals surface area contributed by atoms with E-state index in [1.165, 1.54) is 29.5 Å². The van der Waals surface area contributed by atoms with E-state index < -0.39 is 6.04 Å². The van der Waals surface area contributed by atoms with Gasteiger partial charge in [0.1, 0.15) is 17.6 Å². The number of amides is 3. The first kappa shape index (κ1) is 35.3. The zero-order chi connectivity index (χ0) is 36.4. The molecule has 12 nitrogen and oxygen atoms in total. The number of nitrogens with zero attached hydrogens (tertiary/aromatic N) is 5. The van der Waals surface area contributed by atoms with E-state index in [9.17, 15) is 19.2 Å². The number of ether oxygens (including phenoxy) is 1. The molecule has 1 unspecified atom stereocenters. The third-order valence-electron chi connectivity index (χ3n) is 10.7. The largest absolute Gasteiger partial charge is 0.496 e. The van der Waals surface area contributed by atoms with Crippen LogP contribution in [0.1, 0.15) is 42.7 Å². The van der Waals surface area contributed by atoms with Gasteiger partial charge >= 0.3 is 0 Å². The van der Waals surface area contributed by atoms with E-state index in [1.807, 2.05) is 23.1 Å². The van der Waals surface area contributed by atoms with Crippen molar-refractivity contribution in [1.82, 2.24) is 29.6 Å². The molecule has 1 atom stereocenters. The number of hydrogen-bond acceptors (Lipinski definition) is 9. The van der Waals surface area contributed by atoms with Crippen molar-refractivity contribution in [3.8, 4) is 16.9 Å². The lowest BCUT2D eigenvalue weighted by molar-refractivity contribution is -0.135. The minimum absolute atomic E-state index is 0.120. The highest BCUT2D eigenvalue weighted by molar-refractivity contribution is 6.01. The van der Waals surface area contributed by atoms with Crippen LogP contribution in [0.2, 0.25) is 0 Å². The van der Waals surface area contributed by atoms with E-state index in [0.29, 0.717) is 85.7 Å². The number of piperidine rings is 2. The van der Waals surface area contributed by atoms with E-state index in [1.54, 1.807) is 25.5 Å². The molecule has 272 valence electrons. The van der Waals surface area contributed by atoms with Crippen LogP contribution in [-0.2, 0) is 28.0 Å². The first-order valence-corrected chi connectivity index (χ1v) is 17.9. The average molecular weight is 710 g/mol. The molecule has 52 heavy (non-hydrogen) atoms. The van der Waals surface area contributed by atoms with Crippen molar-refractivity contribution in [2.45, 2.75) is 44.2 Å². The molecule has 0 saturated carbocycles. The Balaban J connectivity index is 0.894. The number of aryl methyl sites for hydroxylation is 1. The molecule has 0 spiro atoms. The lowest BCUT2D eigenvalue weighted by Crippen LogP contribution is -2.51. The van der Waals surface area contributed by atoms with Crippen LogP contribution < -0.4 is 20.9 Å². The van der Waals surface area contributed by atoms with Crippen LogP contribution in [0.5, 0.6) is 5.75 Å². The Morgan fingerprint density at radius 1 is 0.962 bits per heavy atom. The second kappa shape index (κ2) is 15.2. The number of methoxy groups -OCH3 is 1. The van der Waals surface area contributed by atoms with Crippen molar-refractivity contribution in [2.75, 3.05) is 58.2 Å². The van der Waals surface area contributed by atoms with Gasteiger partial charge < -0.3 is 19.5 Å². The van der Waals surface area contributed by atoms with Gasteiger partial charge in [0.2, 0.25) is 17.7 Å². The Bertz CT molecular complexity index is 2040. The molecule has 4 aromatic rings. The monoisotopic (exact) mass is 709 g/mol. The van der Waals surface area contributed by atoms with Crippen molar-refractivity contribution >= 4 is 34.2 Å². The normalized spacial score (nSPS) is 19.1. The molecule has 3 amide bonds. The minimum atomic E-state index is -0.406. The Morgan fingerprint density at radius 2 is 1.71 bits per heavy atom. The number of halogens is 1. The SMILES string of the molecule is COc1cc(-c2cn(C)c(=O)c3cnccc23)cc(F)c1CN1CCN(C(=O)CN2CCC(c3ccc(NC4CCC(=O)NC4=O)cc3)CC2)CC1. The summed E-state index contributed by atoms with van der Waals surface area (Å²) in [6, 6.07) is 12.9. The number of anilines is 1. The van der Waals surface area contributed by atoms with Crippen molar-refractivity contribution in [3.63, 3.8) is 0 Å². The van der Waals surface area contributed by atoms with Gasteiger partial charge in [0.15, 0.2) is 0 Å². The van der Waals surface area contributed by atoms with Crippen LogP contribution in [0.4, 0.5) is 10.1 Å². The van der Waals surface area contributed by atoms with Gasteiger partial charge in [0, 0.05) is 81.6 Å². The number of aromatic nitrogens is 2. The fourth-order valence-corrected chi connectivity index (χ4v) is 7.62. The quantitative estimate of drug-likeness (QED) is 0.251. The number of benzene rings is 2. The van der Waals surface area contributed by atoms with Gasteiger partial charge in [-0.05, 0) is 85.1 Å². The third-order valence-corrected chi connectivity index (χ3v) is 10.7. The summed E-state index contributed by atoms with van der Waals surface area (Å²) in [5, 5.41) is 6.77. The molecule has 3 fully saturated rings. The van der Waals surface area contributed by atoms with Gasteiger partial charge in [0.25, 0.3) is 5.56 Å². The van der Waals surface area contributed by atoms with E-state index >= 15 is 4.39 Å². The predicted molar refractivity (Wildman–Crippen MR) is 195 cm³/mol. The molecule has 3 saturated heterocycles. The molecule has 7 rings (SSSR count). The number of likely N-dealkylation sites (tertiary alicyclic amines) is 1. The van der Waals surface area contributed by atoms with Crippen molar-refractivity contribution in [2.24, 2.45) is 7.05 Å². The molecule has 0 radical (unpaired) electrons. The number of imide groups is 1. The predicted octanol–water partition coefficient (Wildman–Crippen LogP) is 3.49. The topological polar surface area (TPSA) is 129 Å². The summed E-state index contributed by atoms with van der Waals surface area (Å²) in [6.07, 6.45) is 7.61. The maximum Gasteiger partial charge on any atom is 0.259 e. The highest BCUT2D eigenvalue weighted by atomic mass is 19.1. The summed E-state index contributed by atoms with van der Waals surface area (Å²) in [5.41, 5.74) is 3.73. The fraction of sp³-hybridized carbons (Fsp3) is 0.410. The standard InChI is InChI=1S/C39H44FN7O5/c1-44-22-31(29-9-12-41-21-30(29)39(44)51)27-19-33(40)32(35(20-27)52-2)23-46-15-17-47(18-16-46)37(49)24-45-13-10-26(11-14-45)25-3-5-28(6-4-25)42-34-7-8-36(48)43-38(34)50/h3-6,9,12,19-22,26,34,42H,7-8,10-11,13-18,23-24H2,1-2H3,(H,43,48,50). The third kappa shape index (κ3) is 7.56. The molecule has 0 bridgehead atoms. The maximum atomic E-state index is 15.8. The second-order valence-electron chi connectivity index (χ2n) is 14.0. The molecule has 2 aromatic carbocycles. The number of hydrogen-bond donors (Lipinski definition) is 2. The van der Waals surface area contributed by atoms with Crippen molar-refractivity contribution < 1.29 is 23.5 Å². The summed E-state index contributed by atoms with van der Waals surface area (Å²) in [6.45, 7) is 4.85. The van der Waals surface area contributed by atoms with Gasteiger partial charge in [-0.1, -0.05) is 12.1 Å². The van der Waals surface area contributed by atoms with Crippen LogP contribution in [0, 0.1) is 5.82 Å². The molecule has 2 N–H and O–H groups in total. The zero-order valence-electron chi connectivity index (χ0n) is 29.6. The average Bonchev–Trinajstić information content (AvgIpc) is 3.16. The fourth-order valence-electron chi connectivity index (χ4n) is 7.62. The van der Waals surface area contributed by atoms with Crippen LogP contribution in [-0.4, -0.2) is 101 Å². The van der Waals surface area contributed by atoms with Gasteiger partial charge in [-0.15, -0.1) is 0 Å². The highest BCUT2D eigenvalue weighted by Crippen LogP contribution is 2.34. The zero-order valence-corrected chi connectivity index (χ0v) is 29.6. The van der Waals surface area contributed by atoms with Gasteiger partial charge in [-0.25, -0.2) is 4.39 Å². The number of piperazine rings is 1. The molecule has 3 aliphatic heterocycles. The Kier molecular flexibility index (Phi) is 10.3. The molecule has 13 heteroatoms. The van der Waals surface area contributed by atoms with Gasteiger partial charge in [0.05, 0.1) is 19.0 Å². The number of rotatable bonds is 9. The van der Waals surface area contributed by atoms with E-state index in [2.05, 4.69) is 37.6 Å². The lowest BCUT2D eigenvalue weighted by Gasteiger charge is -2.37.